The normalized spacial score (nSPS) is 11.8. The molecule has 0 aliphatic carbocycles. The molecule has 4 nitrogen and oxygen atoms in total. The summed E-state index contributed by atoms with van der Waals surface area (Å²) >= 11 is 0. The molecule has 0 saturated carbocycles. The van der Waals surface area contributed by atoms with Crippen LogP contribution in [0.1, 0.15) is 5.56 Å². The zero-order valence-corrected chi connectivity index (χ0v) is 11.4. The smallest absolute Gasteiger partial charge is 0.401 e. The molecule has 0 unspecified atom stereocenters. The molecule has 0 bridgehead atoms. The van der Waals surface area contributed by atoms with E-state index in [1.54, 1.807) is 18.2 Å². The Labute approximate surface area is 115 Å². The van der Waals surface area contributed by atoms with Gasteiger partial charge >= 0.3 is 6.18 Å². The van der Waals surface area contributed by atoms with Gasteiger partial charge in [-0.15, -0.1) is 0 Å². The Kier molecular flexibility index (Phi) is 6.09. The van der Waals surface area contributed by atoms with Crippen molar-refractivity contribution in [2.45, 2.75) is 12.7 Å². The van der Waals surface area contributed by atoms with Crippen LogP contribution in [0.2, 0.25) is 0 Å². The Bertz CT molecular complexity index is 424. The van der Waals surface area contributed by atoms with Crippen molar-refractivity contribution in [3.05, 3.63) is 23.8 Å². The zero-order chi connectivity index (χ0) is 15.2. The fraction of sp³-hybridized carbons (Fsp3) is 0.538. The Balaban J connectivity index is 2.82. The minimum Gasteiger partial charge on any atom is -0.493 e. The predicted molar refractivity (Wildman–Crippen MR) is 68.0 cm³/mol. The highest BCUT2D eigenvalue weighted by atomic mass is 19.4. The molecule has 114 valence electrons. The van der Waals surface area contributed by atoms with Gasteiger partial charge in [0.25, 0.3) is 0 Å². The van der Waals surface area contributed by atoms with Crippen molar-refractivity contribution in [3.8, 4) is 11.5 Å². The van der Waals surface area contributed by atoms with Crippen LogP contribution < -0.4 is 9.47 Å². The van der Waals surface area contributed by atoms with E-state index in [1.807, 2.05) is 0 Å². The molecule has 0 aliphatic heterocycles. The fourth-order valence-corrected chi connectivity index (χ4v) is 1.85. The summed E-state index contributed by atoms with van der Waals surface area (Å²) in [6.45, 7) is -1.38. The second kappa shape index (κ2) is 7.35. The van der Waals surface area contributed by atoms with Crippen molar-refractivity contribution >= 4 is 0 Å². The van der Waals surface area contributed by atoms with Crippen LogP contribution in [0, 0.1) is 0 Å². The summed E-state index contributed by atoms with van der Waals surface area (Å²) < 4.78 is 47.5. The van der Waals surface area contributed by atoms with Crippen molar-refractivity contribution in [2.75, 3.05) is 33.9 Å². The first kappa shape index (κ1) is 16.6. The number of aliphatic hydroxyl groups is 1. The van der Waals surface area contributed by atoms with Crippen molar-refractivity contribution in [1.82, 2.24) is 4.90 Å². The first-order chi connectivity index (χ1) is 9.39. The van der Waals surface area contributed by atoms with E-state index in [4.69, 9.17) is 14.6 Å². The molecule has 0 amide bonds. The minimum atomic E-state index is -4.30. The average Bonchev–Trinajstić information content (AvgIpc) is 2.37. The summed E-state index contributed by atoms with van der Waals surface area (Å²) in [5, 5.41) is 8.84. The maximum absolute atomic E-state index is 12.4. The summed E-state index contributed by atoms with van der Waals surface area (Å²) in [6.07, 6.45) is -4.30. The molecule has 0 atom stereocenters. The molecule has 1 aromatic rings. The molecule has 1 N–H and O–H groups in total. The lowest BCUT2D eigenvalue weighted by Gasteiger charge is -2.23. The van der Waals surface area contributed by atoms with E-state index in [2.05, 4.69) is 0 Å². The average molecular weight is 293 g/mol. The Morgan fingerprint density at radius 1 is 1.15 bits per heavy atom. The Morgan fingerprint density at radius 2 is 1.80 bits per heavy atom. The van der Waals surface area contributed by atoms with E-state index in [9.17, 15) is 13.2 Å². The van der Waals surface area contributed by atoms with Gasteiger partial charge in [-0.25, -0.2) is 0 Å². The van der Waals surface area contributed by atoms with Crippen molar-refractivity contribution in [3.63, 3.8) is 0 Å². The van der Waals surface area contributed by atoms with Gasteiger partial charge in [-0.1, -0.05) is 6.07 Å². The summed E-state index contributed by atoms with van der Waals surface area (Å²) in [7, 11) is 2.95. The Hall–Kier alpha value is -1.47. The highest BCUT2D eigenvalue weighted by Crippen LogP contribution is 2.28. The van der Waals surface area contributed by atoms with Crippen LogP contribution in [0.5, 0.6) is 11.5 Å². The lowest BCUT2D eigenvalue weighted by Crippen LogP contribution is -2.35. The first-order valence-corrected chi connectivity index (χ1v) is 6.00. The predicted octanol–water partition coefficient (Wildman–Crippen LogP) is 2.06. The monoisotopic (exact) mass is 293 g/mol. The van der Waals surface area contributed by atoms with Crippen LogP contribution in [-0.2, 0) is 6.54 Å². The molecule has 0 spiro atoms. The summed E-state index contributed by atoms with van der Waals surface area (Å²) in [6, 6.07) is 4.93. The zero-order valence-electron chi connectivity index (χ0n) is 11.4. The largest absolute Gasteiger partial charge is 0.493 e. The number of rotatable bonds is 7. The van der Waals surface area contributed by atoms with Crippen LogP contribution in [0.4, 0.5) is 13.2 Å². The van der Waals surface area contributed by atoms with Gasteiger partial charge in [-0.05, 0) is 17.7 Å². The standard InChI is InChI=1S/C13H18F3NO3/c1-19-11-4-3-10(7-12(11)20-2)8-17(5-6-18)9-13(14,15)16/h3-4,7,18H,5-6,8-9H2,1-2H3. The molecule has 0 aromatic heterocycles. The van der Waals surface area contributed by atoms with E-state index in [0.717, 1.165) is 4.90 Å². The molecule has 0 fully saturated rings. The van der Waals surface area contributed by atoms with Crippen LogP contribution >= 0.6 is 0 Å². The highest BCUT2D eigenvalue weighted by Gasteiger charge is 2.30. The van der Waals surface area contributed by atoms with E-state index in [0.29, 0.717) is 17.1 Å². The molecule has 1 rings (SSSR count). The molecule has 0 aliphatic rings. The number of methoxy groups -OCH3 is 2. The minimum absolute atomic E-state index is 0.0478. The maximum atomic E-state index is 12.4. The number of aliphatic hydroxyl groups excluding tert-OH is 1. The lowest BCUT2D eigenvalue weighted by atomic mass is 10.2. The van der Waals surface area contributed by atoms with E-state index < -0.39 is 12.7 Å². The number of nitrogens with zero attached hydrogens (tertiary/aromatic N) is 1. The number of ether oxygens (including phenoxy) is 2. The van der Waals surface area contributed by atoms with Gasteiger partial charge < -0.3 is 14.6 Å². The molecular weight excluding hydrogens is 275 g/mol. The van der Waals surface area contributed by atoms with E-state index in [-0.39, 0.29) is 19.7 Å². The Morgan fingerprint density at radius 3 is 2.30 bits per heavy atom. The van der Waals surface area contributed by atoms with Gasteiger partial charge in [0.05, 0.1) is 27.4 Å². The third-order valence-corrected chi connectivity index (χ3v) is 2.67. The van der Waals surface area contributed by atoms with Crippen LogP contribution in [0.3, 0.4) is 0 Å². The summed E-state index contributed by atoms with van der Waals surface area (Å²) in [5.74, 6) is 0.974. The summed E-state index contributed by atoms with van der Waals surface area (Å²) in [5.41, 5.74) is 0.653. The number of alkyl halides is 3. The topological polar surface area (TPSA) is 41.9 Å². The van der Waals surface area contributed by atoms with E-state index in [1.165, 1.54) is 14.2 Å². The second-order valence-electron chi connectivity index (χ2n) is 4.24. The van der Waals surface area contributed by atoms with Crippen molar-refractivity contribution in [2.24, 2.45) is 0 Å². The third-order valence-electron chi connectivity index (χ3n) is 2.67. The second-order valence-corrected chi connectivity index (χ2v) is 4.24. The molecular formula is C13H18F3NO3. The molecule has 0 radical (unpaired) electrons. The van der Waals surface area contributed by atoms with Crippen molar-refractivity contribution in [1.29, 1.82) is 0 Å². The van der Waals surface area contributed by atoms with Crippen molar-refractivity contribution < 1.29 is 27.8 Å². The quantitative estimate of drug-likeness (QED) is 0.835. The molecule has 20 heavy (non-hydrogen) atoms. The van der Waals surface area contributed by atoms with Crippen LogP contribution in [-0.4, -0.2) is 50.1 Å². The lowest BCUT2D eigenvalue weighted by molar-refractivity contribution is -0.147. The third kappa shape index (κ3) is 5.26. The maximum Gasteiger partial charge on any atom is 0.401 e. The van der Waals surface area contributed by atoms with Crippen LogP contribution in [0.25, 0.3) is 0 Å². The molecule has 7 heteroatoms. The van der Waals surface area contributed by atoms with Gasteiger partial charge in [0.2, 0.25) is 0 Å². The van der Waals surface area contributed by atoms with Gasteiger partial charge in [-0.3, -0.25) is 4.90 Å². The number of halogens is 3. The van der Waals surface area contributed by atoms with Gasteiger partial charge in [0, 0.05) is 13.1 Å². The molecule has 1 aromatic carbocycles. The van der Waals surface area contributed by atoms with Gasteiger partial charge in [0.15, 0.2) is 11.5 Å². The highest BCUT2D eigenvalue weighted by molar-refractivity contribution is 5.42. The SMILES string of the molecule is COc1ccc(CN(CCO)CC(F)(F)F)cc1OC. The number of hydrogen-bond donors (Lipinski definition) is 1. The number of benzene rings is 1. The number of hydrogen-bond acceptors (Lipinski definition) is 4. The first-order valence-electron chi connectivity index (χ1n) is 6.00. The summed E-state index contributed by atoms with van der Waals surface area (Å²) in [4.78, 5) is 1.13. The van der Waals surface area contributed by atoms with Gasteiger partial charge in [0.1, 0.15) is 0 Å². The fourth-order valence-electron chi connectivity index (χ4n) is 1.85. The van der Waals surface area contributed by atoms with Crippen LogP contribution in [0.15, 0.2) is 18.2 Å². The van der Waals surface area contributed by atoms with Gasteiger partial charge in [-0.2, -0.15) is 13.2 Å². The van der Waals surface area contributed by atoms with E-state index >= 15 is 0 Å². The molecule has 0 heterocycles. The molecule has 0 saturated heterocycles.